The number of aliphatic hydroxyl groups is 1. The van der Waals surface area contributed by atoms with Gasteiger partial charge in [0, 0.05) is 43.3 Å². The third-order valence-electron chi connectivity index (χ3n) is 4.43. The molecule has 7 nitrogen and oxygen atoms in total. The standard InChI is InChI=1S/C19H21N3O4/c1-13-18(16-9-11-25-20-16)21-26-19(13)14(8-10-23)12-17(24)22(2)15-6-4-3-5-7-15/h3-7,9,11,14,23H,8,10,12H2,1-2H3. The monoisotopic (exact) mass is 355 g/mol. The summed E-state index contributed by atoms with van der Waals surface area (Å²) >= 11 is 0. The minimum absolute atomic E-state index is 0.0492. The smallest absolute Gasteiger partial charge is 0.227 e. The number of rotatable bonds is 7. The zero-order valence-corrected chi connectivity index (χ0v) is 14.8. The Morgan fingerprint density at radius 1 is 1.23 bits per heavy atom. The lowest BCUT2D eigenvalue weighted by molar-refractivity contribution is -0.118. The molecule has 1 atom stereocenters. The Hall–Kier alpha value is -2.93. The summed E-state index contributed by atoms with van der Waals surface area (Å²) in [6, 6.07) is 11.1. The summed E-state index contributed by atoms with van der Waals surface area (Å²) in [6.07, 6.45) is 2.08. The summed E-state index contributed by atoms with van der Waals surface area (Å²) in [5, 5.41) is 17.4. The summed E-state index contributed by atoms with van der Waals surface area (Å²) in [6.45, 7) is 1.82. The predicted molar refractivity (Wildman–Crippen MR) is 95.6 cm³/mol. The van der Waals surface area contributed by atoms with Crippen LogP contribution in [0.15, 0.2) is 51.7 Å². The second kappa shape index (κ2) is 7.97. The van der Waals surface area contributed by atoms with Gasteiger partial charge in [-0.3, -0.25) is 4.79 Å². The first-order chi connectivity index (χ1) is 12.6. The molecule has 1 N–H and O–H groups in total. The lowest BCUT2D eigenvalue weighted by Gasteiger charge is -2.20. The number of para-hydroxylation sites is 1. The molecule has 0 radical (unpaired) electrons. The van der Waals surface area contributed by atoms with Crippen molar-refractivity contribution in [3.8, 4) is 11.4 Å². The highest BCUT2D eigenvalue weighted by Gasteiger charge is 2.26. The highest BCUT2D eigenvalue weighted by Crippen LogP contribution is 2.32. The van der Waals surface area contributed by atoms with E-state index in [4.69, 9.17) is 9.05 Å². The van der Waals surface area contributed by atoms with E-state index in [0.717, 1.165) is 11.3 Å². The second-order valence-electron chi connectivity index (χ2n) is 6.11. The molecule has 0 aliphatic rings. The van der Waals surface area contributed by atoms with E-state index < -0.39 is 0 Å². The van der Waals surface area contributed by atoms with Gasteiger partial charge >= 0.3 is 0 Å². The molecule has 1 unspecified atom stereocenters. The van der Waals surface area contributed by atoms with Crippen LogP contribution in [0.25, 0.3) is 11.4 Å². The average Bonchev–Trinajstić information content (AvgIpc) is 3.31. The first-order valence-electron chi connectivity index (χ1n) is 8.41. The number of benzene rings is 1. The summed E-state index contributed by atoms with van der Waals surface area (Å²) in [4.78, 5) is 14.3. The van der Waals surface area contributed by atoms with E-state index in [9.17, 15) is 9.90 Å². The Balaban J connectivity index is 1.80. The molecular formula is C19H21N3O4. The Labute approximate surface area is 151 Å². The minimum atomic E-state index is -0.271. The molecule has 0 aliphatic carbocycles. The summed E-state index contributed by atoms with van der Waals surface area (Å²) in [5.74, 6) is 0.257. The topological polar surface area (TPSA) is 92.6 Å². The fourth-order valence-corrected chi connectivity index (χ4v) is 2.93. The largest absolute Gasteiger partial charge is 0.396 e. The van der Waals surface area contributed by atoms with Crippen LogP contribution in [0.4, 0.5) is 5.69 Å². The molecule has 0 spiro atoms. The number of aromatic nitrogens is 2. The zero-order valence-electron chi connectivity index (χ0n) is 14.8. The molecule has 0 saturated carbocycles. The fraction of sp³-hybridized carbons (Fsp3) is 0.316. The van der Waals surface area contributed by atoms with Crippen molar-refractivity contribution >= 4 is 11.6 Å². The number of carbonyl (C=O) groups is 1. The van der Waals surface area contributed by atoms with Gasteiger partial charge in [0.15, 0.2) is 0 Å². The van der Waals surface area contributed by atoms with Crippen molar-refractivity contribution < 1.29 is 18.9 Å². The molecule has 0 aliphatic heterocycles. The van der Waals surface area contributed by atoms with Crippen LogP contribution in [-0.2, 0) is 4.79 Å². The van der Waals surface area contributed by atoms with Gasteiger partial charge in [-0.05, 0) is 25.5 Å². The van der Waals surface area contributed by atoms with Gasteiger partial charge in [0.25, 0.3) is 0 Å². The molecule has 2 aromatic heterocycles. The molecule has 3 rings (SSSR count). The van der Waals surface area contributed by atoms with Crippen molar-refractivity contribution in [2.45, 2.75) is 25.7 Å². The average molecular weight is 355 g/mol. The van der Waals surface area contributed by atoms with Crippen LogP contribution in [0.2, 0.25) is 0 Å². The van der Waals surface area contributed by atoms with E-state index in [1.54, 1.807) is 18.0 Å². The van der Waals surface area contributed by atoms with Gasteiger partial charge < -0.3 is 19.1 Å². The number of aliphatic hydroxyl groups excluding tert-OH is 1. The quantitative estimate of drug-likeness (QED) is 0.700. The highest BCUT2D eigenvalue weighted by atomic mass is 16.5. The van der Waals surface area contributed by atoms with E-state index in [1.165, 1.54) is 6.26 Å². The number of amides is 1. The SMILES string of the molecule is Cc1c(-c2ccon2)noc1C(CCO)CC(=O)N(C)c1ccccc1. The molecule has 26 heavy (non-hydrogen) atoms. The fourth-order valence-electron chi connectivity index (χ4n) is 2.93. The van der Waals surface area contributed by atoms with Crippen LogP contribution in [0, 0.1) is 6.92 Å². The lowest BCUT2D eigenvalue weighted by Crippen LogP contribution is -2.28. The van der Waals surface area contributed by atoms with Gasteiger partial charge in [-0.25, -0.2) is 0 Å². The molecule has 0 bridgehead atoms. The molecule has 136 valence electrons. The summed E-state index contributed by atoms with van der Waals surface area (Å²) < 4.78 is 10.4. The van der Waals surface area contributed by atoms with Crippen LogP contribution in [0.5, 0.6) is 0 Å². The molecular weight excluding hydrogens is 334 g/mol. The lowest BCUT2D eigenvalue weighted by atomic mass is 9.94. The van der Waals surface area contributed by atoms with Crippen LogP contribution in [-0.4, -0.2) is 35.0 Å². The van der Waals surface area contributed by atoms with Crippen LogP contribution in [0.3, 0.4) is 0 Å². The van der Waals surface area contributed by atoms with Gasteiger partial charge in [-0.2, -0.15) is 0 Å². The number of anilines is 1. The van der Waals surface area contributed by atoms with Crippen molar-refractivity contribution in [3.63, 3.8) is 0 Å². The Morgan fingerprint density at radius 2 is 2.00 bits per heavy atom. The van der Waals surface area contributed by atoms with Crippen molar-refractivity contribution in [2.75, 3.05) is 18.6 Å². The Morgan fingerprint density at radius 3 is 2.65 bits per heavy atom. The van der Waals surface area contributed by atoms with Crippen molar-refractivity contribution in [1.82, 2.24) is 10.3 Å². The van der Waals surface area contributed by atoms with E-state index in [0.29, 0.717) is 23.6 Å². The van der Waals surface area contributed by atoms with Crippen LogP contribution >= 0.6 is 0 Å². The summed E-state index contributed by atoms with van der Waals surface area (Å²) in [7, 11) is 1.74. The van der Waals surface area contributed by atoms with Crippen LogP contribution < -0.4 is 4.90 Å². The molecule has 1 amide bonds. The van der Waals surface area contributed by atoms with Crippen molar-refractivity contribution in [2.24, 2.45) is 0 Å². The maximum atomic E-state index is 12.7. The van der Waals surface area contributed by atoms with Crippen molar-refractivity contribution in [1.29, 1.82) is 0 Å². The predicted octanol–water partition coefficient (Wildman–Crippen LogP) is 3.16. The Kier molecular flexibility index (Phi) is 5.48. The first-order valence-corrected chi connectivity index (χ1v) is 8.41. The normalized spacial score (nSPS) is 12.1. The maximum absolute atomic E-state index is 12.7. The van der Waals surface area contributed by atoms with Crippen LogP contribution in [0.1, 0.15) is 30.1 Å². The molecule has 7 heteroatoms. The molecule has 1 aromatic carbocycles. The molecule has 0 saturated heterocycles. The maximum Gasteiger partial charge on any atom is 0.227 e. The van der Waals surface area contributed by atoms with Gasteiger partial charge in [0.1, 0.15) is 23.4 Å². The van der Waals surface area contributed by atoms with E-state index >= 15 is 0 Å². The third kappa shape index (κ3) is 3.67. The second-order valence-corrected chi connectivity index (χ2v) is 6.11. The number of hydrogen-bond acceptors (Lipinski definition) is 6. The Bertz CT molecular complexity index is 843. The van der Waals surface area contributed by atoms with Crippen molar-refractivity contribution in [3.05, 3.63) is 54.0 Å². The highest BCUT2D eigenvalue weighted by molar-refractivity contribution is 5.93. The number of nitrogens with zero attached hydrogens (tertiary/aromatic N) is 3. The molecule has 2 heterocycles. The zero-order chi connectivity index (χ0) is 18.5. The first kappa shape index (κ1) is 17.9. The third-order valence-corrected chi connectivity index (χ3v) is 4.43. The summed E-state index contributed by atoms with van der Waals surface area (Å²) in [5.41, 5.74) is 2.78. The number of hydrogen-bond donors (Lipinski definition) is 1. The van der Waals surface area contributed by atoms with Gasteiger partial charge in [-0.15, -0.1) is 0 Å². The minimum Gasteiger partial charge on any atom is -0.396 e. The molecule has 3 aromatic rings. The van der Waals surface area contributed by atoms with Gasteiger partial charge in [0.05, 0.1) is 0 Å². The van der Waals surface area contributed by atoms with E-state index in [-0.39, 0.29) is 24.9 Å². The van der Waals surface area contributed by atoms with E-state index in [1.807, 2.05) is 37.3 Å². The van der Waals surface area contributed by atoms with Gasteiger partial charge in [-0.1, -0.05) is 28.5 Å². The number of carbonyl (C=O) groups excluding carboxylic acids is 1. The van der Waals surface area contributed by atoms with Gasteiger partial charge in [0.2, 0.25) is 5.91 Å². The molecule has 0 fully saturated rings. The van der Waals surface area contributed by atoms with E-state index in [2.05, 4.69) is 10.3 Å².